The van der Waals surface area contributed by atoms with E-state index in [4.69, 9.17) is 4.74 Å². The Morgan fingerprint density at radius 2 is 2.00 bits per heavy atom. The predicted octanol–water partition coefficient (Wildman–Crippen LogP) is 4.27. The van der Waals surface area contributed by atoms with Crippen molar-refractivity contribution < 1.29 is 14.6 Å². The fourth-order valence-electron chi connectivity index (χ4n) is 2.08. The summed E-state index contributed by atoms with van der Waals surface area (Å²) < 4.78 is 6.69. The molecular weight excluding hydrogens is 466 g/mol. The summed E-state index contributed by atoms with van der Waals surface area (Å²) in [5.41, 5.74) is 3.72. The number of amides is 1. The third kappa shape index (κ3) is 5.74. The van der Waals surface area contributed by atoms with Gasteiger partial charge in [0.05, 0.1) is 17.3 Å². The zero-order valence-electron chi connectivity index (χ0n) is 14.3. The van der Waals surface area contributed by atoms with Crippen molar-refractivity contribution in [1.29, 1.82) is 0 Å². The fourth-order valence-corrected chi connectivity index (χ4v) is 3.33. The summed E-state index contributed by atoms with van der Waals surface area (Å²) >= 11 is 6.58. The Morgan fingerprint density at radius 3 is 2.65 bits per heavy atom. The van der Waals surface area contributed by atoms with E-state index >= 15 is 0 Å². The molecule has 2 aromatic carbocycles. The molecular formula is C18H19Br2N3O3. The van der Waals surface area contributed by atoms with Gasteiger partial charge in [0.1, 0.15) is 17.5 Å². The van der Waals surface area contributed by atoms with Crippen molar-refractivity contribution in [2.24, 2.45) is 5.10 Å². The highest BCUT2D eigenvalue weighted by atomic mass is 79.9. The second kappa shape index (κ2) is 9.59. The van der Waals surface area contributed by atoms with Gasteiger partial charge < -0.3 is 15.2 Å². The van der Waals surface area contributed by atoms with Crippen LogP contribution in [0.15, 0.2) is 50.4 Å². The number of nitrogens with one attached hydrogen (secondary N) is 2. The number of phenols is 1. The van der Waals surface area contributed by atoms with Gasteiger partial charge in [-0.15, -0.1) is 0 Å². The molecule has 0 saturated heterocycles. The van der Waals surface area contributed by atoms with Crippen molar-refractivity contribution in [3.8, 4) is 11.5 Å². The number of hydrogen-bond donors (Lipinski definition) is 3. The van der Waals surface area contributed by atoms with Crippen molar-refractivity contribution in [3.63, 3.8) is 0 Å². The number of phenolic OH excluding ortho intramolecular Hbond substituents is 1. The topological polar surface area (TPSA) is 83.0 Å². The first-order valence-corrected chi connectivity index (χ1v) is 9.49. The van der Waals surface area contributed by atoms with Crippen molar-refractivity contribution in [2.75, 3.05) is 11.9 Å². The van der Waals surface area contributed by atoms with E-state index in [-0.39, 0.29) is 11.7 Å². The molecule has 1 atom stereocenters. The molecule has 2 aromatic rings. The molecule has 0 bridgehead atoms. The lowest BCUT2D eigenvalue weighted by Crippen LogP contribution is -2.34. The molecule has 0 aromatic heterocycles. The maximum atomic E-state index is 12.1. The van der Waals surface area contributed by atoms with Crippen LogP contribution in [0, 0.1) is 0 Å². The molecule has 0 fully saturated rings. The summed E-state index contributed by atoms with van der Waals surface area (Å²) in [6, 6.07) is 10.3. The normalized spacial score (nSPS) is 12.0. The molecule has 1 unspecified atom stereocenters. The van der Waals surface area contributed by atoms with E-state index in [0.29, 0.717) is 16.6 Å². The molecule has 6 nitrogen and oxygen atoms in total. The second-order valence-electron chi connectivity index (χ2n) is 5.38. The number of carbonyl (C=O) groups excluding carboxylic acids is 1. The maximum absolute atomic E-state index is 12.1. The molecule has 1 amide bonds. The summed E-state index contributed by atoms with van der Waals surface area (Å²) in [5, 5.41) is 16.9. The van der Waals surface area contributed by atoms with E-state index in [1.807, 2.05) is 31.2 Å². The highest BCUT2D eigenvalue weighted by Gasteiger charge is 2.12. The van der Waals surface area contributed by atoms with E-state index in [1.54, 1.807) is 19.1 Å². The van der Waals surface area contributed by atoms with Gasteiger partial charge >= 0.3 is 0 Å². The summed E-state index contributed by atoms with van der Waals surface area (Å²) in [6.45, 7) is 4.26. The summed E-state index contributed by atoms with van der Waals surface area (Å²) in [7, 11) is 0. The van der Waals surface area contributed by atoms with Crippen LogP contribution in [0.1, 0.15) is 19.4 Å². The second-order valence-corrected chi connectivity index (χ2v) is 7.15. The van der Waals surface area contributed by atoms with Crippen molar-refractivity contribution in [2.45, 2.75) is 19.9 Å². The number of nitrogens with zero attached hydrogens (tertiary/aromatic N) is 1. The number of aromatic hydroxyl groups is 1. The van der Waals surface area contributed by atoms with E-state index < -0.39 is 6.04 Å². The highest BCUT2D eigenvalue weighted by Crippen LogP contribution is 2.30. The zero-order chi connectivity index (χ0) is 19.1. The largest absolute Gasteiger partial charge is 0.506 e. The van der Waals surface area contributed by atoms with Crippen LogP contribution in [0.4, 0.5) is 5.69 Å². The number of benzene rings is 2. The van der Waals surface area contributed by atoms with Crippen molar-refractivity contribution in [3.05, 3.63) is 50.9 Å². The predicted molar refractivity (Wildman–Crippen MR) is 110 cm³/mol. The Bertz CT molecular complexity index is 795. The van der Waals surface area contributed by atoms with Gasteiger partial charge in [-0.05, 0) is 66.2 Å². The number of rotatable bonds is 7. The Balaban J connectivity index is 1.92. The molecule has 2 rings (SSSR count). The number of anilines is 1. The van der Waals surface area contributed by atoms with Gasteiger partial charge in [0.2, 0.25) is 0 Å². The zero-order valence-corrected chi connectivity index (χ0v) is 17.5. The van der Waals surface area contributed by atoms with Gasteiger partial charge in [-0.2, -0.15) is 5.10 Å². The van der Waals surface area contributed by atoms with Crippen LogP contribution in [0.5, 0.6) is 11.5 Å². The van der Waals surface area contributed by atoms with Gasteiger partial charge in [0.25, 0.3) is 5.91 Å². The summed E-state index contributed by atoms with van der Waals surface area (Å²) in [4.78, 5) is 12.1. The van der Waals surface area contributed by atoms with Crippen molar-refractivity contribution in [1.82, 2.24) is 5.43 Å². The third-order valence-corrected chi connectivity index (χ3v) is 4.44. The number of hydrazone groups is 1. The lowest BCUT2D eigenvalue weighted by molar-refractivity contribution is -0.121. The van der Waals surface area contributed by atoms with Gasteiger partial charge in [-0.25, -0.2) is 5.43 Å². The lowest BCUT2D eigenvalue weighted by Gasteiger charge is -2.14. The maximum Gasteiger partial charge on any atom is 0.262 e. The van der Waals surface area contributed by atoms with E-state index in [2.05, 4.69) is 47.7 Å². The fraction of sp³-hybridized carbons (Fsp3) is 0.222. The molecule has 8 heteroatoms. The third-order valence-electron chi connectivity index (χ3n) is 3.38. The van der Waals surface area contributed by atoms with E-state index in [1.165, 1.54) is 6.21 Å². The van der Waals surface area contributed by atoms with Crippen LogP contribution in [0.2, 0.25) is 0 Å². The number of hydrogen-bond acceptors (Lipinski definition) is 5. The van der Waals surface area contributed by atoms with Crippen LogP contribution in [0.3, 0.4) is 0 Å². The molecule has 0 saturated carbocycles. The Hall–Kier alpha value is -2.06. The molecule has 0 spiro atoms. The van der Waals surface area contributed by atoms with Crippen LogP contribution in [-0.2, 0) is 4.79 Å². The number of halogens is 2. The Labute approximate surface area is 168 Å². The molecule has 26 heavy (non-hydrogen) atoms. The van der Waals surface area contributed by atoms with Gasteiger partial charge in [-0.3, -0.25) is 4.79 Å². The minimum atomic E-state index is -0.493. The van der Waals surface area contributed by atoms with Gasteiger partial charge in [0, 0.05) is 15.7 Å². The minimum absolute atomic E-state index is 0.0479. The average molecular weight is 485 g/mol. The van der Waals surface area contributed by atoms with Crippen LogP contribution in [0.25, 0.3) is 0 Å². The standard InChI is InChI=1S/C18H19Br2N3O3/c1-3-26-15-6-4-14(5-7-15)22-11(2)18(25)23-21-10-12-8-13(19)9-16(20)17(12)24/h4-11,22,24H,3H2,1-2H3,(H,23,25). The molecule has 138 valence electrons. The SMILES string of the molecule is CCOc1ccc(NC(C)C(=O)NN=Cc2cc(Br)cc(Br)c2O)cc1. The first-order valence-electron chi connectivity index (χ1n) is 7.91. The highest BCUT2D eigenvalue weighted by molar-refractivity contribution is 9.11. The molecule has 0 aliphatic rings. The Morgan fingerprint density at radius 1 is 1.31 bits per heavy atom. The first-order chi connectivity index (χ1) is 12.4. The quantitative estimate of drug-likeness (QED) is 0.405. The summed E-state index contributed by atoms with van der Waals surface area (Å²) in [6.07, 6.45) is 1.38. The van der Waals surface area contributed by atoms with Crippen LogP contribution in [-0.4, -0.2) is 29.9 Å². The lowest BCUT2D eigenvalue weighted by atomic mass is 10.2. The van der Waals surface area contributed by atoms with Crippen LogP contribution < -0.4 is 15.5 Å². The van der Waals surface area contributed by atoms with E-state index in [0.717, 1.165) is 15.9 Å². The van der Waals surface area contributed by atoms with E-state index in [9.17, 15) is 9.90 Å². The number of ether oxygens (including phenoxy) is 1. The van der Waals surface area contributed by atoms with Crippen LogP contribution >= 0.6 is 31.9 Å². The molecule has 0 aliphatic heterocycles. The molecule has 0 radical (unpaired) electrons. The smallest absolute Gasteiger partial charge is 0.262 e. The Kier molecular flexibility index (Phi) is 7.47. The molecule has 0 aliphatic carbocycles. The van der Waals surface area contributed by atoms with Gasteiger partial charge in [0.15, 0.2) is 0 Å². The molecule has 0 heterocycles. The first kappa shape index (κ1) is 20.3. The average Bonchev–Trinajstić information content (AvgIpc) is 2.60. The monoisotopic (exact) mass is 483 g/mol. The van der Waals surface area contributed by atoms with Gasteiger partial charge in [-0.1, -0.05) is 15.9 Å². The van der Waals surface area contributed by atoms with Crippen molar-refractivity contribution >= 4 is 49.7 Å². The number of carbonyl (C=O) groups is 1. The minimum Gasteiger partial charge on any atom is -0.506 e. The summed E-state index contributed by atoms with van der Waals surface area (Å²) in [5.74, 6) is 0.523. The molecule has 3 N–H and O–H groups in total.